The Hall–Kier alpha value is -2.01. The highest BCUT2D eigenvalue weighted by Gasteiger charge is 2.15. The molecule has 2 rings (SSSR count). The van der Waals surface area contributed by atoms with Crippen LogP contribution in [0.2, 0.25) is 0 Å². The summed E-state index contributed by atoms with van der Waals surface area (Å²) in [6.45, 7) is 3.30. The maximum Gasteiger partial charge on any atom is 0.131 e. The summed E-state index contributed by atoms with van der Waals surface area (Å²) in [5.41, 5.74) is 9.15. The summed E-state index contributed by atoms with van der Waals surface area (Å²) in [7, 11) is 5.68. The van der Waals surface area contributed by atoms with Gasteiger partial charge >= 0.3 is 0 Å². The standard InChI is InChI=1S/C15H22N4O/c1-11-14(9-16)15(19(3)17-11)18(2)10-12-5-7-13(20-4)8-6-12/h5-8H,9-10,16H2,1-4H3. The molecule has 108 valence electrons. The molecule has 2 N–H and O–H groups in total. The van der Waals surface area contributed by atoms with Gasteiger partial charge in [-0.05, 0) is 24.6 Å². The van der Waals surface area contributed by atoms with Gasteiger partial charge in [-0.25, -0.2) is 0 Å². The molecule has 0 saturated carbocycles. The Morgan fingerprint density at radius 2 is 1.95 bits per heavy atom. The molecule has 0 fully saturated rings. The monoisotopic (exact) mass is 274 g/mol. The van der Waals surface area contributed by atoms with Crippen LogP contribution in [0, 0.1) is 6.92 Å². The lowest BCUT2D eigenvalue weighted by atomic mass is 10.2. The lowest BCUT2D eigenvalue weighted by molar-refractivity contribution is 0.414. The third-order valence-electron chi connectivity index (χ3n) is 3.46. The highest BCUT2D eigenvalue weighted by molar-refractivity contribution is 5.50. The number of hydrogen-bond acceptors (Lipinski definition) is 4. The average molecular weight is 274 g/mol. The van der Waals surface area contributed by atoms with Gasteiger partial charge < -0.3 is 15.4 Å². The van der Waals surface area contributed by atoms with Crippen molar-refractivity contribution in [2.45, 2.75) is 20.0 Å². The SMILES string of the molecule is COc1ccc(CN(C)c2c(CN)c(C)nn2C)cc1. The molecule has 1 aromatic heterocycles. The largest absolute Gasteiger partial charge is 0.497 e. The number of ether oxygens (including phenoxy) is 1. The van der Waals surface area contributed by atoms with Gasteiger partial charge in [-0.1, -0.05) is 12.1 Å². The van der Waals surface area contributed by atoms with E-state index in [0.29, 0.717) is 6.54 Å². The van der Waals surface area contributed by atoms with Crippen LogP contribution in [-0.2, 0) is 20.1 Å². The third kappa shape index (κ3) is 2.77. The zero-order chi connectivity index (χ0) is 14.7. The molecule has 2 aromatic rings. The molecular weight excluding hydrogens is 252 g/mol. The highest BCUT2D eigenvalue weighted by Crippen LogP contribution is 2.23. The second kappa shape index (κ2) is 5.96. The van der Waals surface area contributed by atoms with Gasteiger partial charge in [-0.3, -0.25) is 4.68 Å². The van der Waals surface area contributed by atoms with Crippen LogP contribution < -0.4 is 15.4 Å². The average Bonchev–Trinajstić information content (AvgIpc) is 2.73. The van der Waals surface area contributed by atoms with Crippen LogP contribution >= 0.6 is 0 Å². The van der Waals surface area contributed by atoms with Crippen molar-refractivity contribution in [3.05, 3.63) is 41.1 Å². The van der Waals surface area contributed by atoms with E-state index in [0.717, 1.165) is 29.4 Å². The Bertz CT molecular complexity index is 574. The molecule has 0 amide bonds. The number of anilines is 1. The topological polar surface area (TPSA) is 56.3 Å². The maximum atomic E-state index is 5.84. The Balaban J connectivity index is 2.21. The molecule has 0 saturated heterocycles. The van der Waals surface area contributed by atoms with Crippen LogP contribution in [0.4, 0.5) is 5.82 Å². The molecule has 0 aliphatic heterocycles. The number of aryl methyl sites for hydroxylation is 2. The van der Waals surface area contributed by atoms with Crippen LogP contribution in [0.1, 0.15) is 16.8 Å². The number of rotatable bonds is 5. The normalized spacial score (nSPS) is 10.7. The molecule has 0 unspecified atom stereocenters. The number of aromatic nitrogens is 2. The number of hydrogen-bond donors (Lipinski definition) is 1. The van der Waals surface area contributed by atoms with Crippen molar-refractivity contribution in [2.75, 3.05) is 19.1 Å². The predicted octanol–water partition coefficient (Wildman–Crippen LogP) is 1.83. The van der Waals surface area contributed by atoms with E-state index in [-0.39, 0.29) is 0 Å². The Kier molecular flexibility index (Phi) is 4.29. The first-order valence-electron chi connectivity index (χ1n) is 6.63. The van der Waals surface area contributed by atoms with Gasteiger partial charge in [-0.15, -0.1) is 0 Å². The molecule has 0 atom stereocenters. The zero-order valence-electron chi connectivity index (χ0n) is 12.6. The van der Waals surface area contributed by atoms with E-state index in [1.165, 1.54) is 5.56 Å². The van der Waals surface area contributed by atoms with Gasteiger partial charge in [0.2, 0.25) is 0 Å². The quantitative estimate of drug-likeness (QED) is 0.904. The summed E-state index contributed by atoms with van der Waals surface area (Å²) in [5, 5.41) is 4.45. The van der Waals surface area contributed by atoms with E-state index < -0.39 is 0 Å². The molecule has 20 heavy (non-hydrogen) atoms. The molecule has 0 spiro atoms. The second-order valence-electron chi connectivity index (χ2n) is 4.92. The van der Waals surface area contributed by atoms with E-state index in [1.54, 1.807) is 7.11 Å². The molecule has 1 aromatic carbocycles. The molecular formula is C15H22N4O. The lowest BCUT2D eigenvalue weighted by Gasteiger charge is -2.21. The fraction of sp³-hybridized carbons (Fsp3) is 0.400. The Labute approximate surface area is 119 Å². The minimum Gasteiger partial charge on any atom is -0.497 e. The summed E-state index contributed by atoms with van der Waals surface area (Å²) in [5.74, 6) is 1.94. The van der Waals surface area contributed by atoms with E-state index in [9.17, 15) is 0 Å². The lowest BCUT2D eigenvalue weighted by Crippen LogP contribution is -2.21. The first kappa shape index (κ1) is 14.4. The molecule has 1 heterocycles. The number of benzene rings is 1. The van der Waals surface area contributed by atoms with Crippen molar-refractivity contribution in [1.29, 1.82) is 0 Å². The Morgan fingerprint density at radius 1 is 1.30 bits per heavy atom. The van der Waals surface area contributed by atoms with Crippen molar-refractivity contribution in [3.63, 3.8) is 0 Å². The van der Waals surface area contributed by atoms with Crippen LogP contribution in [0.25, 0.3) is 0 Å². The van der Waals surface area contributed by atoms with E-state index in [4.69, 9.17) is 10.5 Å². The van der Waals surface area contributed by atoms with Gasteiger partial charge in [0.15, 0.2) is 0 Å². The van der Waals surface area contributed by atoms with Crippen LogP contribution in [0.3, 0.4) is 0 Å². The van der Waals surface area contributed by atoms with Crippen LogP contribution in [0.5, 0.6) is 5.75 Å². The molecule has 0 bridgehead atoms. The van der Waals surface area contributed by atoms with Gasteiger partial charge in [0, 0.05) is 32.7 Å². The van der Waals surface area contributed by atoms with Gasteiger partial charge in [0.05, 0.1) is 12.8 Å². The first-order chi connectivity index (χ1) is 9.56. The van der Waals surface area contributed by atoms with Crippen molar-refractivity contribution in [3.8, 4) is 5.75 Å². The predicted molar refractivity (Wildman–Crippen MR) is 80.9 cm³/mol. The number of methoxy groups -OCH3 is 1. The molecule has 0 aliphatic rings. The minimum absolute atomic E-state index is 0.502. The summed E-state index contributed by atoms with van der Waals surface area (Å²) >= 11 is 0. The Morgan fingerprint density at radius 3 is 2.50 bits per heavy atom. The van der Waals surface area contributed by atoms with Crippen LogP contribution in [-0.4, -0.2) is 23.9 Å². The summed E-state index contributed by atoms with van der Waals surface area (Å²) in [4.78, 5) is 2.17. The minimum atomic E-state index is 0.502. The van der Waals surface area contributed by atoms with E-state index in [2.05, 4.69) is 29.2 Å². The van der Waals surface area contributed by atoms with Crippen molar-refractivity contribution < 1.29 is 4.74 Å². The van der Waals surface area contributed by atoms with Crippen molar-refractivity contribution in [2.24, 2.45) is 12.8 Å². The molecule has 5 nitrogen and oxygen atoms in total. The zero-order valence-corrected chi connectivity index (χ0v) is 12.6. The molecule has 0 aliphatic carbocycles. The number of nitrogens with two attached hydrogens (primary N) is 1. The third-order valence-corrected chi connectivity index (χ3v) is 3.46. The van der Waals surface area contributed by atoms with Crippen LogP contribution in [0.15, 0.2) is 24.3 Å². The first-order valence-corrected chi connectivity index (χ1v) is 6.63. The highest BCUT2D eigenvalue weighted by atomic mass is 16.5. The van der Waals surface area contributed by atoms with E-state index in [1.807, 2.05) is 30.8 Å². The van der Waals surface area contributed by atoms with Gasteiger partial charge in [-0.2, -0.15) is 5.10 Å². The van der Waals surface area contributed by atoms with Crippen molar-refractivity contribution >= 4 is 5.82 Å². The second-order valence-corrected chi connectivity index (χ2v) is 4.92. The molecule has 0 radical (unpaired) electrons. The molecule has 5 heteroatoms. The number of nitrogens with zero attached hydrogens (tertiary/aromatic N) is 3. The fourth-order valence-corrected chi connectivity index (χ4v) is 2.49. The summed E-state index contributed by atoms with van der Waals surface area (Å²) in [6.07, 6.45) is 0. The maximum absolute atomic E-state index is 5.84. The fourth-order valence-electron chi connectivity index (χ4n) is 2.49. The van der Waals surface area contributed by atoms with E-state index >= 15 is 0 Å². The summed E-state index contributed by atoms with van der Waals surface area (Å²) < 4.78 is 7.06. The van der Waals surface area contributed by atoms with Crippen molar-refractivity contribution in [1.82, 2.24) is 9.78 Å². The summed E-state index contributed by atoms with van der Waals surface area (Å²) in [6, 6.07) is 8.09. The smallest absolute Gasteiger partial charge is 0.131 e. The van der Waals surface area contributed by atoms with Gasteiger partial charge in [0.1, 0.15) is 11.6 Å². The van der Waals surface area contributed by atoms with Gasteiger partial charge in [0.25, 0.3) is 0 Å².